The maximum atomic E-state index is 12.8. The lowest BCUT2D eigenvalue weighted by atomic mass is 10.0. The van der Waals surface area contributed by atoms with Crippen LogP contribution in [0.1, 0.15) is 27.2 Å². The van der Waals surface area contributed by atoms with Crippen LogP contribution in [-0.4, -0.2) is 23.2 Å². The van der Waals surface area contributed by atoms with Crippen molar-refractivity contribution in [2.24, 2.45) is 0 Å². The van der Waals surface area contributed by atoms with Crippen LogP contribution in [0.5, 0.6) is 0 Å². The Balaban J connectivity index is 2.26. The molecule has 0 fully saturated rings. The number of carbonyl (C=O) groups is 1. The molecule has 20 heavy (non-hydrogen) atoms. The molecule has 1 aromatic heterocycles. The molecule has 0 atom stereocenters. The van der Waals surface area contributed by atoms with Gasteiger partial charge in [0.25, 0.3) is 0 Å². The number of rotatable bonds is 5. The molecule has 0 bridgehead atoms. The van der Waals surface area contributed by atoms with Gasteiger partial charge in [0.1, 0.15) is 5.82 Å². The Morgan fingerprint density at radius 1 is 1.30 bits per heavy atom. The number of carboxylic acids is 1. The second kappa shape index (κ2) is 6.25. The van der Waals surface area contributed by atoms with E-state index >= 15 is 0 Å². The van der Waals surface area contributed by atoms with Crippen LogP contribution in [0.15, 0.2) is 36.5 Å². The number of halogens is 1. The molecular weight excluding hydrogens is 261 g/mol. The number of hydrogen-bond donors (Lipinski definition) is 1. The minimum absolute atomic E-state index is 0.00490. The van der Waals surface area contributed by atoms with E-state index in [1.807, 2.05) is 0 Å². The first kappa shape index (κ1) is 14.1. The van der Waals surface area contributed by atoms with E-state index in [1.54, 1.807) is 18.2 Å². The zero-order valence-electron chi connectivity index (χ0n) is 11.0. The molecule has 1 heterocycles. The van der Waals surface area contributed by atoms with Crippen LogP contribution < -0.4 is 0 Å². The standard InChI is InChI=1S/C15H14FNO3/c1-20-9-12-7-11(8-17-14(12)15(18)19)6-10-2-4-13(16)5-3-10/h2-5,7-8H,6,9H2,1H3,(H,18,19). The van der Waals surface area contributed by atoms with Crippen molar-refractivity contribution in [3.63, 3.8) is 0 Å². The SMILES string of the molecule is COCc1cc(Cc2ccc(F)cc2)cnc1C(=O)O. The van der Waals surface area contributed by atoms with E-state index in [9.17, 15) is 9.18 Å². The maximum Gasteiger partial charge on any atom is 0.354 e. The summed E-state index contributed by atoms with van der Waals surface area (Å²) >= 11 is 0. The molecule has 5 heteroatoms. The Morgan fingerprint density at radius 2 is 2.00 bits per heavy atom. The fourth-order valence-corrected chi connectivity index (χ4v) is 1.95. The van der Waals surface area contributed by atoms with E-state index in [1.165, 1.54) is 25.4 Å². The number of nitrogens with zero attached hydrogens (tertiary/aromatic N) is 1. The molecule has 0 aliphatic heterocycles. The fraction of sp³-hybridized carbons (Fsp3) is 0.200. The van der Waals surface area contributed by atoms with Gasteiger partial charge >= 0.3 is 5.97 Å². The molecule has 0 unspecified atom stereocenters. The van der Waals surface area contributed by atoms with Crippen LogP contribution in [0.4, 0.5) is 4.39 Å². The highest BCUT2D eigenvalue weighted by molar-refractivity contribution is 5.87. The summed E-state index contributed by atoms with van der Waals surface area (Å²) in [6.07, 6.45) is 2.08. The van der Waals surface area contributed by atoms with Gasteiger partial charge in [0.2, 0.25) is 0 Å². The molecule has 0 amide bonds. The van der Waals surface area contributed by atoms with Gasteiger partial charge in [-0.3, -0.25) is 0 Å². The summed E-state index contributed by atoms with van der Waals surface area (Å²) in [5.41, 5.74) is 2.31. The van der Waals surface area contributed by atoms with Crippen molar-refractivity contribution in [2.75, 3.05) is 7.11 Å². The topological polar surface area (TPSA) is 59.4 Å². The van der Waals surface area contributed by atoms with E-state index in [4.69, 9.17) is 9.84 Å². The lowest BCUT2D eigenvalue weighted by molar-refractivity contribution is 0.0685. The largest absolute Gasteiger partial charge is 0.477 e. The van der Waals surface area contributed by atoms with Crippen LogP contribution in [-0.2, 0) is 17.8 Å². The van der Waals surface area contributed by atoms with Crippen LogP contribution in [0.25, 0.3) is 0 Å². The quantitative estimate of drug-likeness (QED) is 0.911. The van der Waals surface area contributed by atoms with E-state index in [2.05, 4.69) is 4.98 Å². The highest BCUT2D eigenvalue weighted by Gasteiger charge is 2.12. The molecular formula is C15H14FNO3. The lowest BCUT2D eigenvalue weighted by Crippen LogP contribution is -2.07. The molecule has 104 valence electrons. The van der Waals surface area contributed by atoms with Gasteiger partial charge in [0.05, 0.1) is 6.61 Å². The van der Waals surface area contributed by atoms with Gasteiger partial charge in [-0.25, -0.2) is 14.2 Å². The zero-order chi connectivity index (χ0) is 14.5. The van der Waals surface area contributed by atoms with Gasteiger partial charge in [0, 0.05) is 18.9 Å². The number of aromatic nitrogens is 1. The Kier molecular flexibility index (Phi) is 4.42. The number of methoxy groups -OCH3 is 1. The number of hydrogen-bond acceptors (Lipinski definition) is 3. The van der Waals surface area contributed by atoms with Crippen LogP contribution in [0, 0.1) is 5.82 Å². The Bertz CT molecular complexity index is 611. The molecule has 0 aliphatic rings. The van der Waals surface area contributed by atoms with Crippen molar-refractivity contribution >= 4 is 5.97 Å². The number of carboxylic acid groups (broad SMARTS) is 1. The summed E-state index contributed by atoms with van der Waals surface area (Å²) in [5, 5.41) is 9.04. The summed E-state index contributed by atoms with van der Waals surface area (Å²) in [7, 11) is 1.50. The third kappa shape index (κ3) is 3.39. The van der Waals surface area contributed by atoms with Crippen LogP contribution >= 0.6 is 0 Å². The summed E-state index contributed by atoms with van der Waals surface area (Å²) in [6, 6.07) is 7.92. The van der Waals surface area contributed by atoms with E-state index in [-0.39, 0.29) is 18.1 Å². The van der Waals surface area contributed by atoms with Gasteiger partial charge in [-0.05, 0) is 35.7 Å². The number of pyridine rings is 1. The van der Waals surface area contributed by atoms with E-state index in [0.29, 0.717) is 12.0 Å². The maximum absolute atomic E-state index is 12.8. The molecule has 0 aliphatic carbocycles. The van der Waals surface area contributed by atoms with Crippen molar-refractivity contribution in [2.45, 2.75) is 13.0 Å². The Morgan fingerprint density at radius 3 is 2.60 bits per heavy atom. The van der Waals surface area contributed by atoms with E-state index in [0.717, 1.165) is 11.1 Å². The average Bonchev–Trinajstić information content (AvgIpc) is 2.42. The van der Waals surface area contributed by atoms with E-state index < -0.39 is 5.97 Å². The Labute approximate surface area is 115 Å². The van der Waals surface area contributed by atoms with Gasteiger partial charge in [-0.15, -0.1) is 0 Å². The molecule has 0 radical (unpaired) electrons. The third-order valence-electron chi connectivity index (χ3n) is 2.85. The first-order chi connectivity index (χ1) is 9.60. The van der Waals surface area contributed by atoms with Crippen LogP contribution in [0.3, 0.4) is 0 Å². The van der Waals surface area contributed by atoms with Gasteiger partial charge < -0.3 is 9.84 Å². The second-order valence-electron chi connectivity index (χ2n) is 4.39. The minimum Gasteiger partial charge on any atom is -0.477 e. The molecule has 0 saturated heterocycles. The van der Waals surface area contributed by atoms with Crippen LogP contribution in [0.2, 0.25) is 0 Å². The van der Waals surface area contributed by atoms with Crippen molar-refractivity contribution in [1.82, 2.24) is 4.98 Å². The molecule has 1 N–H and O–H groups in total. The fourth-order valence-electron chi connectivity index (χ4n) is 1.95. The molecule has 1 aromatic carbocycles. The summed E-state index contributed by atoms with van der Waals surface area (Å²) < 4.78 is 17.8. The first-order valence-corrected chi connectivity index (χ1v) is 6.04. The minimum atomic E-state index is -1.08. The highest BCUT2D eigenvalue weighted by atomic mass is 19.1. The van der Waals surface area contributed by atoms with Gasteiger partial charge in [-0.1, -0.05) is 12.1 Å². The second-order valence-corrected chi connectivity index (χ2v) is 4.39. The van der Waals surface area contributed by atoms with Crippen molar-refractivity contribution < 1.29 is 19.0 Å². The van der Waals surface area contributed by atoms with Gasteiger partial charge in [0.15, 0.2) is 5.69 Å². The van der Waals surface area contributed by atoms with Crippen molar-refractivity contribution in [1.29, 1.82) is 0 Å². The number of benzene rings is 1. The summed E-state index contributed by atoms with van der Waals surface area (Å²) in [5.74, 6) is -1.36. The summed E-state index contributed by atoms with van der Waals surface area (Å²) in [4.78, 5) is 15.0. The van der Waals surface area contributed by atoms with Crippen molar-refractivity contribution in [3.8, 4) is 0 Å². The molecule has 4 nitrogen and oxygen atoms in total. The Hall–Kier alpha value is -2.27. The predicted molar refractivity (Wildman–Crippen MR) is 71.1 cm³/mol. The smallest absolute Gasteiger partial charge is 0.354 e. The van der Waals surface area contributed by atoms with Crippen molar-refractivity contribution in [3.05, 3.63) is 64.7 Å². The average molecular weight is 275 g/mol. The number of ether oxygens (including phenoxy) is 1. The lowest BCUT2D eigenvalue weighted by Gasteiger charge is -2.08. The predicted octanol–water partition coefficient (Wildman–Crippen LogP) is 2.66. The summed E-state index contributed by atoms with van der Waals surface area (Å²) in [6.45, 7) is 0.186. The molecule has 0 saturated carbocycles. The normalized spacial score (nSPS) is 10.5. The third-order valence-corrected chi connectivity index (χ3v) is 2.85. The number of aromatic carboxylic acids is 1. The van der Waals surface area contributed by atoms with Gasteiger partial charge in [-0.2, -0.15) is 0 Å². The monoisotopic (exact) mass is 275 g/mol. The molecule has 2 rings (SSSR count). The molecule has 2 aromatic rings. The first-order valence-electron chi connectivity index (χ1n) is 6.04. The highest BCUT2D eigenvalue weighted by Crippen LogP contribution is 2.15. The molecule has 0 spiro atoms. The zero-order valence-corrected chi connectivity index (χ0v) is 11.0.